The van der Waals surface area contributed by atoms with Crippen LogP contribution in [0.25, 0.3) is 11.3 Å². The molecule has 0 radical (unpaired) electrons. The van der Waals surface area contributed by atoms with E-state index in [4.69, 9.17) is 5.11 Å². The first-order valence-electron chi connectivity index (χ1n) is 6.20. The van der Waals surface area contributed by atoms with E-state index >= 15 is 0 Å². The van der Waals surface area contributed by atoms with E-state index in [-0.39, 0.29) is 10.6 Å². The van der Waals surface area contributed by atoms with Gasteiger partial charge in [-0.05, 0) is 43.2 Å². The van der Waals surface area contributed by atoms with Crippen LogP contribution in [0.1, 0.15) is 21.6 Å². The van der Waals surface area contributed by atoms with Gasteiger partial charge in [-0.3, -0.25) is 4.68 Å². The number of carboxylic acid groups (broad SMARTS) is 1. The number of sulfone groups is 1. The number of carbonyl (C=O) groups is 1. The lowest BCUT2D eigenvalue weighted by Crippen LogP contribution is -2.04. The van der Waals surface area contributed by atoms with Gasteiger partial charge in [0.25, 0.3) is 0 Å². The highest BCUT2D eigenvalue weighted by Gasteiger charge is 2.20. The largest absolute Gasteiger partial charge is 0.476 e. The molecule has 0 saturated heterocycles. The van der Waals surface area contributed by atoms with Crippen LogP contribution >= 0.6 is 0 Å². The van der Waals surface area contributed by atoms with E-state index in [0.29, 0.717) is 11.3 Å². The van der Waals surface area contributed by atoms with E-state index in [1.165, 1.54) is 10.7 Å². The van der Waals surface area contributed by atoms with E-state index in [9.17, 15) is 13.2 Å². The number of nitrogens with zero attached hydrogens (tertiary/aromatic N) is 2. The van der Waals surface area contributed by atoms with Crippen LogP contribution in [0.3, 0.4) is 0 Å². The number of aryl methyl sites for hydroxylation is 3. The van der Waals surface area contributed by atoms with Gasteiger partial charge in [0.2, 0.25) is 0 Å². The summed E-state index contributed by atoms with van der Waals surface area (Å²) in [5.74, 6) is -1.15. The van der Waals surface area contributed by atoms with Crippen LogP contribution in [-0.4, -0.2) is 35.5 Å². The van der Waals surface area contributed by atoms with Crippen LogP contribution in [0, 0.1) is 13.8 Å². The van der Waals surface area contributed by atoms with E-state index in [1.54, 1.807) is 19.2 Å². The first-order valence-corrected chi connectivity index (χ1v) is 8.09. The molecule has 1 aromatic carbocycles. The molecule has 21 heavy (non-hydrogen) atoms. The molecule has 0 spiro atoms. The number of hydrogen-bond donors (Lipinski definition) is 1. The SMILES string of the molecule is Cc1cc(-c2cc(C(=O)O)nn2C)c(S(C)(=O)=O)cc1C. The maximum atomic E-state index is 12.0. The first-order chi connectivity index (χ1) is 9.61. The fourth-order valence-corrected chi connectivity index (χ4v) is 3.07. The third kappa shape index (κ3) is 2.82. The summed E-state index contributed by atoms with van der Waals surface area (Å²) in [7, 11) is -1.85. The van der Waals surface area contributed by atoms with Gasteiger partial charge < -0.3 is 5.11 Å². The van der Waals surface area contributed by atoms with Crippen LogP contribution in [0.4, 0.5) is 0 Å². The van der Waals surface area contributed by atoms with Crippen LogP contribution in [0.5, 0.6) is 0 Å². The molecule has 0 bridgehead atoms. The van der Waals surface area contributed by atoms with Gasteiger partial charge in [-0.1, -0.05) is 0 Å². The second kappa shape index (κ2) is 5.00. The molecule has 0 aliphatic carbocycles. The fraction of sp³-hybridized carbons (Fsp3) is 0.286. The summed E-state index contributed by atoms with van der Waals surface area (Å²) in [6, 6.07) is 4.73. The van der Waals surface area contributed by atoms with Crippen molar-refractivity contribution in [2.45, 2.75) is 18.7 Å². The molecule has 1 N–H and O–H groups in total. The molecule has 6 nitrogen and oxygen atoms in total. The smallest absolute Gasteiger partial charge is 0.356 e. The van der Waals surface area contributed by atoms with Crippen molar-refractivity contribution in [2.75, 3.05) is 6.26 Å². The zero-order valence-electron chi connectivity index (χ0n) is 12.2. The van der Waals surface area contributed by atoms with Gasteiger partial charge in [0.05, 0.1) is 10.6 Å². The van der Waals surface area contributed by atoms with Crippen LogP contribution in [-0.2, 0) is 16.9 Å². The third-order valence-corrected chi connectivity index (χ3v) is 4.51. The van der Waals surface area contributed by atoms with Crippen molar-refractivity contribution < 1.29 is 18.3 Å². The van der Waals surface area contributed by atoms with Crippen molar-refractivity contribution in [1.29, 1.82) is 0 Å². The lowest BCUT2D eigenvalue weighted by Gasteiger charge is -2.11. The molecule has 0 aliphatic rings. The summed E-state index contributed by atoms with van der Waals surface area (Å²) in [5, 5.41) is 12.9. The number of hydrogen-bond acceptors (Lipinski definition) is 4. The molecular weight excluding hydrogens is 292 g/mol. The topological polar surface area (TPSA) is 89.3 Å². The molecule has 7 heteroatoms. The first kappa shape index (κ1) is 15.2. The summed E-state index contributed by atoms with van der Waals surface area (Å²) in [5.41, 5.74) is 2.58. The molecule has 0 amide bonds. The molecule has 1 heterocycles. The molecule has 1 aromatic heterocycles. The monoisotopic (exact) mass is 308 g/mol. The van der Waals surface area contributed by atoms with E-state index in [2.05, 4.69) is 5.10 Å². The quantitative estimate of drug-likeness (QED) is 0.934. The minimum Gasteiger partial charge on any atom is -0.476 e. The number of aromatic carboxylic acids is 1. The molecule has 112 valence electrons. The van der Waals surface area contributed by atoms with Gasteiger partial charge in [-0.15, -0.1) is 0 Å². The predicted octanol–water partition coefficient (Wildman–Crippen LogP) is 1.81. The Hall–Kier alpha value is -2.15. The molecule has 0 saturated carbocycles. The molecular formula is C14H16N2O4S. The van der Waals surface area contributed by atoms with Gasteiger partial charge in [-0.25, -0.2) is 13.2 Å². The maximum absolute atomic E-state index is 12.0. The Morgan fingerprint density at radius 3 is 2.24 bits per heavy atom. The zero-order valence-corrected chi connectivity index (χ0v) is 13.0. The Bertz CT molecular complexity index is 835. The number of rotatable bonds is 3. The fourth-order valence-electron chi connectivity index (χ4n) is 2.12. The Labute approximate surface area is 123 Å². The average molecular weight is 308 g/mol. The van der Waals surface area contributed by atoms with Crippen molar-refractivity contribution in [3.05, 3.63) is 35.0 Å². The standard InChI is InChI=1S/C14H16N2O4S/c1-8-5-10(13(6-9(8)2)21(4,19)20)12-7-11(14(17)18)15-16(12)3/h5-7H,1-4H3,(H,17,18). The van der Waals surface area contributed by atoms with Crippen LogP contribution in [0.15, 0.2) is 23.1 Å². The maximum Gasteiger partial charge on any atom is 0.356 e. The van der Waals surface area contributed by atoms with Gasteiger partial charge >= 0.3 is 5.97 Å². The molecule has 0 atom stereocenters. The summed E-state index contributed by atoms with van der Waals surface area (Å²) < 4.78 is 25.4. The van der Waals surface area contributed by atoms with Gasteiger partial charge in [0, 0.05) is 18.9 Å². The Morgan fingerprint density at radius 1 is 1.19 bits per heavy atom. The summed E-state index contributed by atoms with van der Waals surface area (Å²) in [6.07, 6.45) is 1.13. The van der Waals surface area contributed by atoms with Gasteiger partial charge in [0.15, 0.2) is 15.5 Å². The summed E-state index contributed by atoms with van der Waals surface area (Å²) in [6.45, 7) is 3.71. The molecule has 0 unspecified atom stereocenters. The number of carboxylic acids is 1. The molecule has 2 aromatic rings. The van der Waals surface area contributed by atoms with Gasteiger partial charge in [0.1, 0.15) is 0 Å². The highest BCUT2D eigenvalue weighted by Crippen LogP contribution is 2.30. The zero-order chi connectivity index (χ0) is 15.9. The van der Waals surface area contributed by atoms with E-state index in [0.717, 1.165) is 17.4 Å². The molecule has 0 fully saturated rings. The van der Waals surface area contributed by atoms with E-state index < -0.39 is 15.8 Å². The van der Waals surface area contributed by atoms with Crippen molar-refractivity contribution in [1.82, 2.24) is 9.78 Å². The second-order valence-electron chi connectivity index (χ2n) is 5.05. The Morgan fingerprint density at radius 2 is 1.76 bits per heavy atom. The molecule has 2 rings (SSSR count). The van der Waals surface area contributed by atoms with Crippen LogP contribution < -0.4 is 0 Å². The Balaban J connectivity index is 2.80. The highest BCUT2D eigenvalue weighted by molar-refractivity contribution is 7.90. The Kier molecular flexibility index (Phi) is 3.63. The van der Waals surface area contributed by atoms with Gasteiger partial charge in [-0.2, -0.15) is 5.10 Å². The lowest BCUT2D eigenvalue weighted by atomic mass is 10.0. The predicted molar refractivity (Wildman–Crippen MR) is 78.2 cm³/mol. The van der Waals surface area contributed by atoms with Crippen molar-refractivity contribution >= 4 is 15.8 Å². The lowest BCUT2D eigenvalue weighted by molar-refractivity contribution is 0.0689. The molecule has 0 aliphatic heterocycles. The number of benzene rings is 1. The van der Waals surface area contributed by atoms with E-state index in [1.807, 2.05) is 13.8 Å². The van der Waals surface area contributed by atoms with Crippen molar-refractivity contribution in [3.63, 3.8) is 0 Å². The van der Waals surface area contributed by atoms with Crippen molar-refractivity contribution in [2.24, 2.45) is 7.05 Å². The minimum absolute atomic E-state index is 0.120. The van der Waals surface area contributed by atoms with Crippen LogP contribution in [0.2, 0.25) is 0 Å². The minimum atomic E-state index is -3.44. The third-order valence-electron chi connectivity index (χ3n) is 3.37. The number of aromatic nitrogens is 2. The highest BCUT2D eigenvalue weighted by atomic mass is 32.2. The summed E-state index contributed by atoms with van der Waals surface area (Å²) >= 11 is 0. The summed E-state index contributed by atoms with van der Waals surface area (Å²) in [4.78, 5) is 11.2. The second-order valence-corrected chi connectivity index (χ2v) is 7.03. The average Bonchev–Trinajstić information content (AvgIpc) is 2.73. The van der Waals surface area contributed by atoms with Crippen molar-refractivity contribution in [3.8, 4) is 11.3 Å². The normalized spacial score (nSPS) is 11.6.